The Morgan fingerprint density at radius 2 is 2.00 bits per heavy atom. The lowest BCUT2D eigenvalue weighted by Gasteiger charge is -2.06. The summed E-state index contributed by atoms with van der Waals surface area (Å²) in [5.41, 5.74) is 2.10. The van der Waals surface area contributed by atoms with Gasteiger partial charge in [0, 0.05) is 12.5 Å². The van der Waals surface area contributed by atoms with E-state index in [9.17, 15) is 10.1 Å². The van der Waals surface area contributed by atoms with Crippen molar-refractivity contribution in [1.82, 2.24) is 0 Å². The Balaban J connectivity index is 1.84. The summed E-state index contributed by atoms with van der Waals surface area (Å²) in [6.07, 6.45) is 2.37. The molecule has 0 atom stereocenters. The van der Waals surface area contributed by atoms with Crippen LogP contribution in [0.5, 0.6) is 5.75 Å². The maximum absolute atomic E-state index is 10.7. The largest absolute Gasteiger partial charge is 0.493 e. The fraction of sp³-hybridized carbons (Fsp3) is 0.235. The normalized spacial score (nSPS) is 10.7. The first-order valence-electron chi connectivity index (χ1n) is 7.30. The number of nitrogens with zero attached hydrogens (tertiary/aromatic N) is 2. The lowest BCUT2D eigenvalue weighted by atomic mass is 10.1. The van der Waals surface area contributed by atoms with E-state index in [1.54, 1.807) is 18.3 Å². The molecular weight excluding hydrogens is 296 g/mol. The maximum atomic E-state index is 10.7. The van der Waals surface area contributed by atoms with Gasteiger partial charge in [-0.2, -0.15) is 0 Å². The first-order chi connectivity index (χ1) is 11.2. The average Bonchev–Trinajstić information content (AvgIpc) is 2.57. The number of nitro groups is 1. The van der Waals surface area contributed by atoms with Crippen molar-refractivity contribution in [2.75, 3.05) is 13.2 Å². The third-order valence-corrected chi connectivity index (χ3v) is 3.07. The quantitative estimate of drug-likeness (QED) is 0.424. The summed E-state index contributed by atoms with van der Waals surface area (Å²) in [5.74, 6) is 0.500. The lowest BCUT2D eigenvalue weighted by Crippen LogP contribution is -2.01. The van der Waals surface area contributed by atoms with Crippen molar-refractivity contribution >= 4 is 11.9 Å². The van der Waals surface area contributed by atoms with E-state index in [2.05, 4.69) is 5.16 Å². The first kappa shape index (κ1) is 16.5. The highest BCUT2D eigenvalue weighted by Crippen LogP contribution is 2.19. The molecule has 0 saturated carbocycles. The third-order valence-electron chi connectivity index (χ3n) is 3.07. The second kappa shape index (κ2) is 8.53. The van der Waals surface area contributed by atoms with E-state index >= 15 is 0 Å². The molecule has 2 aromatic carbocycles. The topological polar surface area (TPSA) is 74.0 Å². The van der Waals surface area contributed by atoms with Crippen molar-refractivity contribution in [2.45, 2.75) is 13.3 Å². The Morgan fingerprint density at radius 1 is 1.22 bits per heavy atom. The molecule has 2 rings (SSSR count). The minimum atomic E-state index is -0.435. The summed E-state index contributed by atoms with van der Waals surface area (Å²) in [6, 6.07) is 14.1. The lowest BCUT2D eigenvalue weighted by molar-refractivity contribution is -0.384. The molecule has 0 fully saturated rings. The summed E-state index contributed by atoms with van der Waals surface area (Å²) >= 11 is 0. The van der Waals surface area contributed by atoms with Crippen molar-refractivity contribution in [3.63, 3.8) is 0 Å². The average molecular weight is 314 g/mol. The van der Waals surface area contributed by atoms with Crippen molar-refractivity contribution in [3.8, 4) is 5.75 Å². The first-order valence-corrected chi connectivity index (χ1v) is 7.30. The van der Waals surface area contributed by atoms with E-state index in [-0.39, 0.29) is 5.69 Å². The van der Waals surface area contributed by atoms with E-state index in [4.69, 9.17) is 9.57 Å². The number of rotatable bonds is 8. The Kier molecular flexibility index (Phi) is 6.11. The van der Waals surface area contributed by atoms with Crippen molar-refractivity contribution in [1.29, 1.82) is 0 Å². The van der Waals surface area contributed by atoms with Gasteiger partial charge in [0.05, 0.1) is 23.8 Å². The monoisotopic (exact) mass is 314 g/mol. The fourth-order valence-electron chi connectivity index (χ4n) is 1.92. The molecular formula is C17H18N2O4. The molecule has 2 aromatic rings. The van der Waals surface area contributed by atoms with Gasteiger partial charge >= 0.3 is 0 Å². The standard InChI is InChI=1S/C17H18N2O4/c1-2-23-18-13-15-8-6-14(7-9-15)10-11-22-17-5-3-4-16(12-17)19(20)21/h3-9,12-13H,2,10-11H2,1H3/b18-13+. The van der Waals surface area contributed by atoms with E-state index in [1.165, 1.54) is 12.1 Å². The van der Waals surface area contributed by atoms with Crippen LogP contribution in [0, 0.1) is 10.1 Å². The van der Waals surface area contributed by atoms with Crippen LogP contribution < -0.4 is 4.74 Å². The van der Waals surface area contributed by atoms with Gasteiger partial charge in [-0.1, -0.05) is 35.5 Å². The molecule has 23 heavy (non-hydrogen) atoms. The molecule has 0 spiro atoms. The van der Waals surface area contributed by atoms with Crippen molar-refractivity contribution in [2.24, 2.45) is 5.16 Å². The Morgan fingerprint density at radius 3 is 2.70 bits per heavy atom. The van der Waals surface area contributed by atoms with Crippen LogP contribution in [0.2, 0.25) is 0 Å². The van der Waals surface area contributed by atoms with Crippen LogP contribution in [-0.2, 0) is 11.3 Å². The molecule has 0 aliphatic heterocycles. The zero-order chi connectivity index (χ0) is 16.5. The van der Waals surface area contributed by atoms with Gasteiger partial charge in [0.25, 0.3) is 5.69 Å². The van der Waals surface area contributed by atoms with Crippen LogP contribution in [0.3, 0.4) is 0 Å². The number of oxime groups is 1. The number of ether oxygens (including phenoxy) is 1. The minimum Gasteiger partial charge on any atom is -0.493 e. The highest BCUT2D eigenvalue weighted by Gasteiger charge is 2.06. The van der Waals surface area contributed by atoms with Gasteiger partial charge in [-0.05, 0) is 24.1 Å². The number of nitro benzene ring substituents is 1. The molecule has 6 nitrogen and oxygen atoms in total. The predicted molar refractivity (Wildman–Crippen MR) is 88.0 cm³/mol. The molecule has 0 aromatic heterocycles. The Hall–Kier alpha value is -2.89. The van der Waals surface area contributed by atoms with Crippen LogP contribution in [0.1, 0.15) is 18.1 Å². The number of hydrogen-bond donors (Lipinski definition) is 0. The van der Waals surface area contributed by atoms with E-state index < -0.39 is 4.92 Å². The minimum absolute atomic E-state index is 0.0282. The zero-order valence-electron chi connectivity index (χ0n) is 12.8. The number of benzene rings is 2. The summed E-state index contributed by atoms with van der Waals surface area (Å²) in [7, 11) is 0. The molecule has 0 amide bonds. The summed E-state index contributed by atoms with van der Waals surface area (Å²) < 4.78 is 5.56. The summed E-state index contributed by atoms with van der Waals surface area (Å²) in [6.45, 7) is 2.87. The molecule has 0 unspecified atom stereocenters. The van der Waals surface area contributed by atoms with E-state index in [1.807, 2.05) is 31.2 Å². The fourth-order valence-corrected chi connectivity index (χ4v) is 1.92. The van der Waals surface area contributed by atoms with Crippen LogP contribution in [0.15, 0.2) is 53.7 Å². The SMILES string of the molecule is CCO/N=C/c1ccc(CCOc2cccc([N+](=O)[O-])c2)cc1. The van der Waals surface area contributed by atoms with Gasteiger partial charge in [-0.15, -0.1) is 0 Å². The van der Waals surface area contributed by atoms with Crippen molar-refractivity contribution < 1.29 is 14.5 Å². The van der Waals surface area contributed by atoms with Gasteiger partial charge in [-0.25, -0.2) is 0 Å². The Bertz CT molecular complexity index is 669. The number of hydrogen-bond acceptors (Lipinski definition) is 5. The smallest absolute Gasteiger partial charge is 0.273 e. The second-order valence-corrected chi connectivity index (χ2v) is 4.75. The van der Waals surface area contributed by atoms with Crippen LogP contribution >= 0.6 is 0 Å². The highest BCUT2D eigenvalue weighted by molar-refractivity contribution is 5.79. The van der Waals surface area contributed by atoms with Crippen LogP contribution in [0.4, 0.5) is 5.69 Å². The molecule has 0 bridgehead atoms. The van der Waals surface area contributed by atoms with E-state index in [0.717, 1.165) is 11.1 Å². The van der Waals surface area contributed by atoms with Gasteiger partial charge < -0.3 is 9.57 Å². The summed E-state index contributed by atoms with van der Waals surface area (Å²) in [5, 5.41) is 14.5. The zero-order valence-corrected chi connectivity index (χ0v) is 12.8. The molecule has 120 valence electrons. The predicted octanol–water partition coefficient (Wildman–Crippen LogP) is 3.59. The van der Waals surface area contributed by atoms with Crippen LogP contribution in [0.25, 0.3) is 0 Å². The molecule has 0 aliphatic carbocycles. The van der Waals surface area contributed by atoms with Crippen molar-refractivity contribution in [3.05, 3.63) is 69.8 Å². The molecule has 6 heteroatoms. The molecule has 0 heterocycles. The summed E-state index contributed by atoms with van der Waals surface area (Å²) in [4.78, 5) is 15.2. The molecule has 0 N–H and O–H groups in total. The molecule has 0 radical (unpaired) electrons. The van der Waals surface area contributed by atoms with Gasteiger partial charge in [0.1, 0.15) is 12.4 Å². The highest BCUT2D eigenvalue weighted by atomic mass is 16.6. The van der Waals surface area contributed by atoms with Gasteiger partial charge in [0.2, 0.25) is 0 Å². The maximum Gasteiger partial charge on any atom is 0.273 e. The van der Waals surface area contributed by atoms with E-state index in [0.29, 0.717) is 25.4 Å². The number of non-ortho nitro benzene ring substituents is 1. The third kappa shape index (κ3) is 5.43. The second-order valence-electron chi connectivity index (χ2n) is 4.75. The molecule has 0 saturated heterocycles. The van der Waals surface area contributed by atoms with Crippen LogP contribution in [-0.4, -0.2) is 24.4 Å². The van der Waals surface area contributed by atoms with Gasteiger partial charge in [-0.3, -0.25) is 10.1 Å². The van der Waals surface area contributed by atoms with Gasteiger partial charge in [0.15, 0.2) is 0 Å². The molecule has 0 aliphatic rings. The Labute approximate surface area is 134 Å².